The van der Waals surface area contributed by atoms with Crippen molar-refractivity contribution < 1.29 is 19.0 Å². The van der Waals surface area contributed by atoms with Crippen molar-refractivity contribution in [2.75, 3.05) is 50.2 Å². The molecule has 0 amide bonds. The molecule has 3 heterocycles. The second-order valence-corrected chi connectivity index (χ2v) is 8.82. The Labute approximate surface area is 196 Å². The number of carbonyl (C=O) groups excluding carboxylic acids is 1. The van der Waals surface area contributed by atoms with Crippen LogP contribution in [0.25, 0.3) is 0 Å². The highest BCUT2D eigenvalue weighted by Crippen LogP contribution is 2.31. The van der Waals surface area contributed by atoms with E-state index in [1.165, 1.54) is 11.8 Å². The van der Waals surface area contributed by atoms with Gasteiger partial charge in [-0.15, -0.1) is 10.2 Å². The van der Waals surface area contributed by atoms with E-state index in [0.29, 0.717) is 50.0 Å². The predicted octanol–water partition coefficient (Wildman–Crippen LogP) is 3.30. The SMILES string of the molecule is O=C(CSc1nnc(N2CCOCC2)n1Cc1ccccc1)c1ccc2c(c1)OCCCO2. The summed E-state index contributed by atoms with van der Waals surface area (Å²) >= 11 is 1.41. The van der Waals surface area contributed by atoms with E-state index < -0.39 is 0 Å². The molecule has 1 saturated heterocycles. The first-order chi connectivity index (χ1) is 16.3. The number of thioether (sulfide) groups is 1. The summed E-state index contributed by atoms with van der Waals surface area (Å²) in [4.78, 5) is 15.2. The summed E-state index contributed by atoms with van der Waals surface area (Å²) in [5.74, 6) is 2.40. The molecule has 0 atom stereocenters. The van der Waals surface area contributed by atoms with Crippen LogP contribution in [0.5, 0.6) is 11.5 Å². The Morgan fingerprint density at radius 2 is 1.73 bits per heavy atom. The number of Topliss-reactive ketones (excluding diaryl/α,β-unsaturated/α-hetero) is 1. The second kappa shape index (κ2) is 10.3. The molecule has 0 radical (unpaired) electrons. The maximum Gasteiger partial charge on any atom is 0.228 e. The third-order valence-electron chi connectivity index (χ3n) is 5.58. The summed E-state index contributed by atoms with van der Waals surface area (Å²) in [5, 5.41) is 9.63. The fourth-order valence-corrected chi connectivity index (χ4v) is 4.67. The maximum absolute atomic E-state index is 13.0. The van der Waals surface area contributed by atoms with Gasteiger partial charge in [-0.05, 0) is 23.8 Å². The van der Waals surface area contributed by atoms with Crippen LogP contribution >= 0.6 is 11.8 Å². The van der Waals surface area contributed by atoms with Gasteiger partial charge in [0.15, 0.2) is 22.4 Å². The predicted molar refractivity (Wildman–Crippen MR) is 126 cm³/mol. The third-order valence-corrected chi connectivity index (χ3v) is 6.54. The van der Waals surface area contributed by atoms with Crippen LogP contribution in [0.3, 0.4) is 0 Å². The van der Waals surface area contributed by atoms with E-state index in [2.05, 4.69) is 31.8 Å². The molecule has 9 heteroatoms. The number of anilines is 1. The number of fused-ring (bicyclic) bond motifs is 1. The second-order valence-electron chi connectivity index (χ2n) is 7.88. The number of benzene rings is 2. The molecule has 172 valence electrons. The molecule has 1 fully saturated rings. The van der Waals surface area contributed by atoms with Crippen molar-refractivity contribution >= 4 is 23.5 Å². The number of aromatic nitrogens is 3. The first-order valence-corrected chi connectivity index (χ1v) is 12.1. The summed E-state index contributed by atoms with van der Waals surface area (Å²) in [6, 6.07) is 15.6. The Morgan fingerprint density at radius 3 is 2.55 bits per heavy atom. The van der Waals surface area contributed by atoms with Crippen molar-refractivity contribution in [3.63, 3.8) is 0 Å². The number of nitrogens with zero attached hydrogens (tertiary/aromatic N) is 4. The molecule has 2 aliphatic rings. The number of rotatable bonds is 7. The fraction of sp³-hybridized carbons (Fsp3) is 0.375. The van der Waals surface area contributed by atoms with Gasteiger partial charge < -0.3 is 19.1 Å². The van der Waals surface area contributed by atoms with Crippen LogP contribution in [0.1, 0.15) is 22.3 Å². The zero-order chi connectivity index (χ0) is 22.5. The lowest BCUT2D eigenvalue weighted by Gasteiger charge is -2.28. The number of carbonyl (C=O) groups is 1. The smallest absolute Gasteiger partial charge is 0.228 e. The highest BCUT2D eigenvalue weighted by atomic mass is 32.2. The van der Waals surface area contributed by atoms with E-state index in [1.54, 1.807) is 12.1 Å². The monoisotopic (exact) mass is 466 g/mol. The quantitative estimate of drug-likeness (QED) is 0.388. The van der Waals surface area contributed by atoms with Crippen molar-refractivity contribution in [1.29, 1.82) is 0 Å². The van der Waals surface area contributed by atoms with Gasteiger partial charge >= 0.3 is 0 Å². The van der Waals surface area contributed by atoms with Gasteiger partial charge in [-0.2, -0.15) is 0 Å². The average molecular weight is 467 g/mol. The van der Waals surface area contributed by atoms with Crippen LogP contribution in [-0.2, 0) is 11.3 Å². The zero-order valence-electron chi connectivity index (χ0n) is 18.3. The molecule has 5 rings (SSSR count). The molecular formula is C24H26N4O4S. The summed E-state index contributed by atoms with van der Waals surface area (Å²) in [6.45, 7) is 4.74. The standard InChI is InChI=1S/C24H26N4O4S/c29-20(19-7-8-21-22(15-19)32-12-4-11-31-21)17-33-24-26-25-23(27-9-13-30-14-10-27)28(24)16-18-5-2-1-3-6-18/h1-3,5-8,15H,4,9-14,16-17H2. The first kappa shape index (κ1) is 21.8. The molecule has 0 unspecified atom stereocenters. The maximum atomic E-state index is 13.0. The molecule has 0 spiro atoms. The number of hydrogen-bond donors (Lipinski definition) is 0. The molecular weight excluding hydrogens is 440 g/mol. The van der Waals surface area contributed by atoms with Gasteiger partial charge in [0.05, 0.1) is 38.7 Å². The molecule has 2 aliphatic heterocycles. The van der Waals surface area contributed by atoms with E-state index in [9.17, 15) is 4.79 Å². The molecule has 0 bridgehead atoms. The minimum atomic E-state index is 0.0119. The van der Waals surface area contributed by atoms with Gasteiger partial charge in [-0.3, -0.25) is 9.36 Å². The van der Waals surface area contributed by atoms with E-state index in [0.717, 1.165) is 36.2 Å². The minimum Gasteiger partial charge on any atom is -0.490 e. The van der Waals surface area contributed by atoms with E-state index >= 15 is 0 Å². The molecule has 33 heavy (non-hydrogen) atoms. The van der Waals surface area contributed by atoms with Crippen LogP contribution in [-0.4, -0.2) is 65.8 Å². The van der Waals surface area contributed by atoms with Crippen LogP contribution < -0.4 is 14.4 Å². The van der Waals surface area contributed by atoms with E-state index in [1.807, 2.05) is 24.3 Å². The van der Waals surface area contributed by atoms with Crippen molar-refractivity contribution in [2.24, 2.45) is 0 Å². The molecule has 8 nitrogen and oxygen atoms in total. The Morgan fingerprint density at radius 1 is 0.939 bits per heavy atom. The molecule has 0 aliphatic carbocycles. The van der Waals surface area contributed by atoms with Crippen LogP contribution in [0.4, 0.5) is 5.95 Å². The van der Waals surface area contributed by atoms with Crippen molar-refractivity contribution in [3.8, 4) is 11.5 Å². The molecule has 1 aromatic heterocycles. The molecule has 2 aromatic carbocycles. The van der Waals surface area contributed by atoms with Gasteiger partial charge in [-0.1, -0.05) is 42.1 Å². The average Bonchev–Trinajstić information content (AvgIpc) is 3.10. The van der Waals surface area contributed by atoms with Gasteiger partial charge in [0.2, 0.25) is 5.95 Å². The van der Waals surface area contributed by atoms with Gasteiger partial charge in [-0.25, -0.2) is 0 Å². The third kappa shape index (κ3) is 5.15. The highest BCUT2D eigenvalue weighted by molar-refractivity contribution is 7.99. The Hall–Kier alpha value is -3.04. The van der Waals surface area contributed by atoms with Crippen molar-refractivity contribution in [2.45, 2.75) is 18.1 Å². The molecule has 0 saturated carbocycles. The lowest BCUT2D eigenvalue weighted by Crippen LogP contribution is -2.38. The zero-order valence-corrected chi connectivity index (χ0v) is 19.1. The topological polar surface area (TPSA) is 78.7 Å². The van der Waals surface area contributed by atoms with Crippen LogP contribution in [0, 0.1) is 0 Å². The number of hydrogen-bond acceptors (Lipinski definition) is 8. The molecule has 0 N–H and O–H groups in total. The Bertz CT molecular complexity index is 1100. The summed E-state index contributed by atoms with van der Waals surface area (Å²) in [6.07, 6.45) is 0.830. The Balaban J connectivity index is 1.34. The van der Waals surface area contributed by atoms with E-state index in [-0.39, 0.29) is 11.5 Å². The Kier molecular flexibility index (Phi) is 6.78. The van der Waals surface area contributed by atoms with Crippen LogP contribution in [0.15, 0.2) is 53.7 Å². The summed E-state index contributed by atoms with van der Waals surface area (Å²) < 4.78 is 19.0. The lowest BCUT2D eigenvalue weighted by molar-refractivity contribution is 0.102. The highest BCUT2D eigenvalue weighted by Gasteiger charge is 2.22. The summed E-state index contributed by atoms with van der Waals surface area (Å²) in [5.41, 5.74) is 1.76. The largest absolute Gasteiger partial charge is 0.490 e. The van der Waals surface area contributed by atoms with E-state index in [4.69, 9.17) is 14.2 Å². The number of ether oxygens (including phenoxy) is 3. The lowest BCUT2D eigenvalue weighted by atomic mass is 10.1. The normalized spacial score (nSPS) is 15.8. The fourth-order valence-electron chi connectivity index (χ4n) is 3.84. The number of ketones is 1. The van der Waals surface area contributed by atoms with Crippen LogP contribution in [0.2, 0.25) is 0 Å². The van der Waals surface area contributed by atoms with Gasteiger partial charge in [0.1, 0.15) is 0 Å². The van der Waals surface area contributed by atoms with Crippen molar-refractivity contribution in [3.05, 3.63) is 59.7 Å². The van der Waals surface area contributed by atoms with Gasteiger partial charge in [0, 0.05) is 25.1 Å². The summed E-state index contributed by atoms with van der Waals surface area (Å²) in [7, 11) is 0. The van der Waals surface area contributed by atoms with Gasteiger partial charge in [0.25, 0.3) is 0 Å². The molecule has 3 aromatic rings. The van der Waals surface area contributed by atoms with Crippen molar-refractivity contribution in [1.82, 2.24) is 14.8 Å². The first-order valence-electron chi connectivity index (χ1n) is 11.1. The number of morpholine rings is 1. The minimum absolute atomic E-state index is 0.0119.